The third kappa shape index (κ3) is 4.29. The largest absolute Gasteiger partial charge is 0.512 e. The quantitative estimate of drug-likeness (QED) is 0.488. The molecule has 3 heteroatoms. The molecule has 0 aliphatic heterocycles. The second kappa shape index (κ2) is 8.61. The maximum absolute atomic E-state index is 9.90. The summed E-state index contributed by atoms with van der Waals surface area (Å²) in [4.78, 5) is 4.66. The van der Waals surface area contributed by atoms with Crippen molar-refractivity contribution in [3.8, 4) is 0 Å². The van der Waals surface area contributed by atoms with Crippen molar-refractivity contribution >= 4 is 16.9 Å². The molecule has 0 bridgehead atoms. The smallest absolute Gasteiger partial charge is 0.0988 e. The minimum Gasteiger partial charge on any atom is -0.512 e. The van der Waals surface area contributed by atoms with Crippen LogP contribution in [0.15, 0.2) is 48.4 Å². The van der Waals surface area contributed by atoms with Crippen molar-refractivity contribution < 1.29 is 5.11 Å². The number of aromatic nitrogens is 1. The lowest BCUT2D eigenvalue weighted by Gasteiger charge is -2.14. The molecule has 2 N–H and O–H groups in total. The van der Waals surface area contributed by atoms with Gasteiger partial charge in [-0.25, -0.2) is 0 Å². The molecule has 0 atom stereocenters. The van der Waals surface area contributed by atoms with Gasteiger partial charge < -0.3 is 10.5 Å². The number of aryl methyl sites for hydroxylation is 2. The van der Waals surface area contributed by atoms with E-state index in [1.807, 2.05) is 19.9 Å². The van der Waals surface area contributed by atoms with E-state index in [4.69, 9.17) is 5.41 Å². The fourth-order valence-corrected chi connectivity index (χ4v) is 3.27. The molecule has 0 spiro atoms. The Kier molecular flexibility index (Phi) is 6.51. The van der Waals surface area contributed by atoms with Gasteiger partial charge in [0.25, 0.3) is 0 Å². The molecule has 1 heterocycles. The van der Waals surface area contributed by atoms with Crippen LogP contribution in [0.3, 0.4) is 0 Å². The zero-order chi connectivity index (χ0) is 19.3. The molecule has 0 radical (unpaired) electrons. The summed E-state index contributed by atoms with van der Waals surface area (Å²) in [5.41, 5.74) is 7.18. The van der Waals surface area contributed by atoms with Crippen LogP contribution in [0.5, 0.6) is 0 Å². The molecule has 1 aromatic heterocycles. The van der Waals surface area contributed by atoms with E-state index >= 15 is 0 Å². The number of aliphatic hydroxyl groups excluding tert-OH is 1. The van der Waals surface area contributed by atoms with E-state index in [0.717, 1.165) is 40.8 Å². The molecular formula is C23H28N2O. The molecule has 0 fully saturated rings. The van der Waals surface area contributed by atoms with Crippen molar-refractivity contribution in [1.29, 1.82) is 5.41 Å². The van der Waals surface area contributed by atoms with Crippen molar-refractivity contribution in [3.63, 3.8) is 0 Å². The summed E-state index contributed by atoms with van der Waals surface area (Å²) in [6.07, 6.45) is 6.06. The lowest BCUT2D eigenvalue weighted by atomic mass is 9.95. The second-order valence-electron chi connectivity index (χ2n) is 6.62. The number of aliphatic hydroxyl groups is 1. The number of rotatable bonds is 6. The molecule has 26 heavy (non-hydrogen) atoms. The first kappa shape index (κ1) is 19.6. The van der Waals surface area contributed by atoms with Crippen LogP contribution in [0.25, 0.3) is 11.1 Å². The van der Waals surface area contributed by atoms with Crippen LogP contribution in [0.2, 0.25) is 0 Å². The maximum atomic E-state index is 9.90. The second-order valence-corrected chi connectivity index (χ2v) is 6.62. The van der Waals surface area contributed by atoms with Gasteiger partial charge >= 0.3 is 0 Å². The van der Waals surface area contributed by atoms with Gasteiger partial charge in [0.2, 0.25) is 0 Å². The number of benzene rings is 1. The normalized spacial score (nSPS) is 12.7. The Hall–Kier alpha value is -2.68. The molecule has 0 aliphatic rings. The minimum atomic E-state index is 0.143. The lowest BCUT2D eigenvalue weighted by Crippen LogP contribution is -2.03. The number of nitrogens with zero attached hydrogens (tertiary/aromatic N) is 1. The summed E-state index contributed by atoms with van der Waals surface area (Å²) in [5.74, 6) is 0.143. The van der Waals surface area contributed by atoms with E-state index in [-0.39, 0.29) is 5.76 Å². The van der Waals surface area contributed by atoms with Gasteiger partial charge in [-0.3, -0.25) is 4.98 Å². The van der Waals surface area contributed by atoms with Gasteiger partial charge in [0.05, 0.1) is 11.5 Å². The first-order chi connectivity index (χ1) is 12.4. The van der Waals surface area contributed by atoms with Gasteiger partial charge in [-0.15, -0.1) is 0 Å². The van der Waals surface area contributed by atoms with Crippen LogP contribution in [0.1, 0.15) is 62.1 Å². The predicted octanol–water partition coefficient (Wildman–Crippen LogP) is 6.12. The van der Waals surface area contributed by atoms with Crippen molar-refractivity contribution in [2.45, 2.75) is 47.5 Å². The summed E-state index contributed by atoms with van der Waals surface area (Å²) in [6.45, 7) is 9.51. The Morgan fingerprint density at radius 2 is 1.81 bits per heavy atom. The van der Waals surface area contributed by atoms with E-state index in [0.29, 0.717) is 11.3 Å². The van der Waals surface area contributed by atoms with E-state index in [2.05, 4.69) is 42.2 Å². The molecule has 1 aromatic carbocycles. The third-order valence-electron chi connectivity index (χ3n) is 4.45. The standard InChI is InChI=1S/C23H28N2O/c1-6-8-18-9-11-19(12-10-18)21(7-2)23-15(3)13-20(14-25-23)22(16(4)24)17(5)26/h7,9-14,24,26H,6,8H2,1-5H3/b21-7-,22-17+,24-16?. The van der Waals surface area contributed by atoms with E-state index in [1.54, 1.807) is 20.0 Å². The molecule has 136 valence electrons. The number of nitrogens with one attached hydrogen (secondary N) is 1. The fourth-order valence-electron chi connectivity index (χ4n) is 3.27. The molecule has 2 rings (SSSR count). The highest BCUT2D eigenvalue weighted by molar-refractivity contribution is 6.21. The highest BCUT2D eigenvalue weighted by Crippen LogP contribution is 2.28. The summed E-state index contributed by atoms with van der Waals surface area (Å²) >= 11 is 0. The lowest BCUT2D eigenvalue weighted by molar-refractivity contribution is 0.418. The minimum absolute atomic E-state index is 0.143. The molecule has 3 nitrogen and oxygen atoms in total. The highest BCUT2D eigenvalue weighted by atomic mass is 16.3. The topological polar surface area (TPSA) is 57.0 Å². The molecule has 0 saturated carbocycles. The van der Waals surface area contributed by atoms with Crippen LogP contribution < -0.4 is 0 Å². The Morgan fingerprint density at radius 3 is 2.27 bits per heavy atom. The Balaban J connectivity index is 2.44. The summed E-state index contributed by atoms with van der Waals surface area (Å²) in [7, 11) is 0. The SMILES string of the molecule is C/C=C(/c1ccc(CCC)cc1)c1ncc(/C(C(C)=N)=C(\C)O)cc1C. The van der Waals surface area contributed by atoms with Crippen molar-refractivity contribution in [2.75, 3.05) is 0 Å². The summed E-state index contributed by atoms with van der Waals surface area (Å²) < 4.78 is 0. The van der Waals surface area contributed by atoms with Gasteiger partial charge in [0, 0.05) is 28.6 Å². The average Bonchev–Trinajstić information content (AvgIpc) is 2.58. The van der Waals surface area contributed by atoms with Crippen LogP contribution in [0, 0.1) is 12.3 Å². The third-order valence-corrected chi connectivity index (χ3v) is 4.45. The zero-order valence-corrected chi connectivity index (χ0v) is 16.4. The number of allylic oxidation sites excluding steroid dienone is 3. The van der Waals surface area contributed by atoms with Gasteiger partial charge in [0.15, 0.2) is 0 Å². The molecule has 0 unspecified atom stereocenters. The van der Waals surface area contributed by atoms with Gasteiger partial charge in [0.1, 0.15) is 0 Å². The van der Waals surface area contributed by atoms with E-state index in [9.17, 15) is 5.11 Å². The van der Waals surface area contributed by atoms with Gasteiger partial charge in [-0.1, -0.05) is 43.7 Å². The highest BCUT2D eigenvalue weighted by Gasteiger charge is 2.14. The Morgan fingerprint density at radius 1 is 1.15 bits per heavy atom. The maximum Gasteiger partial charge on any atom is 0.0988 e. The van der Waals surface area contributed by atoms with Crippen LogP contribution in [-0.4, -0.2) is 15.8 Å². The van der Waals surface area contributed by atoms with Gasteiger partial charge in [-0.2, -0.15) is 0 Å². The zero-order valence-electron chi connectivity index (χ0n) is 16.4. The summed E-state index contributed by atoms with van der Waals surface area (Å²) in [5, 5.41) is 17.8. The molecule has 2 aromatic rings. The predicted molar refractivity (Wildman–Crippen MR) is 111 cm³/mol. The molecule has 0 aliphatic carbocycles. The van der Waals surface area contributed by atoms with Crippen molar-refractivity contribution in [3.05, 3.63) is 76.3 Å². The molecule has 0 amide bonds. The van der Waals surface area contributed by atoms with E-state index < -0.39 is 0 Å². The number of hydrogen-bond donors (Lipinski definition) is 2. The van der Waals surface area contributed by atoms with Gasteiger partial charge in [-0.05, 0) is 56.9 Å². The first-order valence-electron chi connectivity index (χ1n) is 9.07. The van der Waals surface area contributed by atoms with Crippen LogP contribution in [-0.2, 0) is 6.42 Å². The number of hydrogen-bond acceptors (Lipinski definition) is 3. The fraction of sp³-hybridized carbons (Fsp3) is 0.304. The Bertz CT molecular complexity index is 854. The first-order valence-corrected chi connectivity index (χ1v) is 9.07. The number of pyridine rings is 1. The van der Waals surface area contributed by atoms with Crippen molar-refractivity contribution in [1.82, 2.24) is 4.98 Å². The van der Waals surface area contributed by atoms with Crippen LogP contribution in [0.4, 0.5) is 0 Å². The Labute approximate surface area is 156 Å². The van der Waals surface area contributed by atoms with Crippen LogP contribution >= 0.6 is 0 Å². The average molecular weight is 348 g/mol. The summed E-state index contributed by atoms with van der Waals surface area (Å²) in [6, 6.07) is 10.7. The van der Waals surface area contributed by atoms with E-state index in [1.165, 1.54) is 5.56 Å². The molecular weight excluding hydrogens is 320 g/mol. The molecule has 0 saturated heterocycles. The monoisotopic (exact) mass is 348 g/mol. The van der Waals surface area contributed by atoms with Crippen molar-refractivity contribution in [2.24, 2.45) is 0 Å².